The third-order valence-corrected chi connectivity index (χ3v) is 3.33. The van der Waals surface area contributed by atoms with Crippen molar-refractivity contribution in [1.82, 2.24) is 19.6 Å². The highest BCUT2D eigenvalue weighted by molar-refractivity contribution is 7.98. The quantitative estimate of drug-likeness (QED) is 0.470. The second-order valence-electron chi connectivity index (χ2n) is 3.99. The fraction of sp³-hybridized carbons (Fsp3) is 0.500. The molecule has 2 aromatic heterocycles. The molecule has 0 saturated carbocycles. The van der Waals surface area contributed by atoms with Crippen LogP contribution in [0.2, 0.25) is 0 Å². The first kappa shape index (κ1) is 12.8. The Bertz CT molecular complexity index is 584. The molecule has 2 heterocycles. The van der Waals surface area contributed by atoms with Crippen LogP contribution in [-0.4, -0.2) is 25.8 Å². The molecule has 0 amide bonds. The predicted octanol–water partition coefficient (Wildman–Crippen LogP) is 2.45. The van der Waals surface area contributed by atoms with E-state index in [2.05, 4.69) is 28.1 Å². The summed E-state index contributed by atoms with van der Waals surface area (Å²) in [5.41, 5.74) is 1.09. The highest BCUT2D eigenvalue weighted by atomic mass is 32.2. The molecule has 5 nitrogen and oxygen atoms in total. The Kier molecular flexibility index (Phi) is 4.15. The van der Waals surface area contributed by atoms with Crippen molar-refractivity contribution >= 4 is 17.4 Å². The standard InChI is InChI=1S/C12H15N5S/c1-3-4-5-6-10-15-11-9(7-13)8-14-12(18-2)17(11)16-10/h8H,3-6H2,1-2H3. The van der Waals surface area contributed by atoms with Gasteiger partial charge in [-0.05, 0) is 12.7 Å². The average molecular weight is 261 g/mol. The SMILES string of the molecule is CCCCCc1nc2c(C#N)cnc(SC)n2n1. The van der Waals surface area contributed by atoms with E-state index in [0.717, 1.165) is 23.8 Å². The summed E-state index contributed by atoms with van der Waals surface area (Å²) in [6.07, 6.45) is 7.78. The van der Waals surface area contributed by atoms with E-state index in [0.29, 0.717) is 11.2 Å². The summed E-state index contributed by atoms with van der Waals surface area (Å²) < 4.78 is 1.67. The molecule has 0 N–H and O–H groups in total. The normalized spacial score (nSPS) is 10.7. The number of aromatic nitrogens is 4. The van der Waals surface area contributed by atoms with Crippen LogP contribution in [0.3, 0.4) is 0 Å². The Morgan fingerprint density at radius 2 is 2.28 bits per heavy atom. The first-order valence-electron chi connectivity index (χ1n) is 5.99. The number of hydrogen-bond acceptors (Lipinski definition) is 5. The lowest BCUT2D eigenvalue weighted by atomic mass is 10.2. The van der Waals surface area contributed by atoms with Crippen molar-refractivity contribution in [3.8, 4) is 6.07 Å². The lowest BCUT2D eigenvalue weighted by Crippen LogP contribution is -1.98. The monoisotopic (exact) mass is 261 g/mol. The van der Waals surface area contributed by atoms with E-state index >= 15 is 0 Å². The van der Waals surface area contributed by atoms with Crippen LogP contribution in [-0.2, 0) is 6.42 Å². The fourth-order valence-corrected chi connectivity index (χ4v) is 2.21. The van der Waals surface area contributed by atoms with E-state index < -0.39 is 0 Å². The largest absolute Gasteiger partial charge is 0.230 e. The van der Waals surface area contributed by atoms with Crippen molar-refractivity contribution in [1.29, 1.82) is 5.26 Å². The predicted molar refractivity (Wildman–Crippen MR) is 70.5 cm³/mol. The summed E-state index contributed by atoms with van der Waals surface area (Å²) in [5, 5.41) is 14.2. The van der Waals surface area contributed by atoms with Crippen molar-refractivity contribution in [2.45, 2.75) is 37.8 Å². The fourth-order valence-electron chi connectivity index (χ4n) is 1.75. The first-order chi connectivity index (χ1) is 8.80. The maximum Gasteiger partial charge on any atom is 0.190 e. The van der Waals surface area contributed by atoms with Crippen molar-refractivity contribution in [2.75, 3.05) is 6.26 Å². The van der Waals surface area contributed by atoms with Gasteiger partial charge in [0.1, 0.15) is 11.6 Å². The Balaban J connectivity index is 2.39. The average Bonchev–Trinajstić information content (AvgIpc) is 2.81. The van der Waals surface area contributed by atoms with Crippen LogP contribution in [0.4, 0.5) is 0 Å². The molecule has 18 heavy (non-hydrogen) atoms. The van der Waals surface area contributed by atoms with Gasteiger partial charge in [-0.15, -0.1) is 5.10 Å². The van der Waals surface area contributed by atoms with Crippen LogP contribution >= 0.6 is 11.8 Å². The number of nitriles is 1. The zero-order valence-corrected chi connectivity index (χ0v) is 11.4. The third-order valence-electron chi connectivity index (χ3n) is 2.68. The van der Waals surface area contributed by atoms with Gasteiger partial charge in [0.2, 0.25) is 0 Å². The molecule has 0 aliphatic carbocycles. The molecule has 0 aliphatic heterocycles. The van der Waals surface area contributed by atoms with Gasteiger partial charge in [-0.2, -0.15) is 9.78 Å². The Labute approximate surface area is 110 Å². The molecule has 0 atom stereocenters. The van der Waals surface area contributed by atoms with E-state index in [-0.39, 0.29) is 0 Å². The summed E-state index contributed by atoms with van der Waals surface area (Å²) >= 11 is 1.50. The third kappa shape index (κ3) is 2.46. The molecule has 6 heteroatoms. The summed E-state index contributed by atoms with van der Waals surface area (Å²) in [6.45, 7) is 2.17. The summed E-state index contributed by atoms with van der Waals surface area (Å²) in [5.74, 6) is 0.795. The number of fused-ring (bicyclic) bond motifs is 1. The van der Waals surface area contributed by atoms with Gasteiger partial charge in [-0.25, -0.2) is 9.97 Å². The highest BCUT2D eigenvalue weighted by Crippen LogP contribution is 2.16. The van der Waals surface area contributed by atoms with Crippen LogP contribution in [0.1, 0.15) is 37.6 Å². The molecule has 0 saturated heterocycles. The second-order valence-corrected chi connectivity index (χ2v) is 4.76. The van der Waals surface area contributed by atoms with Crippen molar-refractivity contribution in [3.63, 3.8) is 0 Å². The van der Waals surface area contributed by atoms with Gasteiger partial charge in [0.25, 0.3) is 0 Å². The molecular formula is C12H15N5S. The Morgan fingerprint density at radius 1 is 1.44 bits per heavy atom. The van der Waals surface area contributed by atoms with Crippen LogP contribution in [0.25, 0.3) is 5.65 Å². The zero-order valence-electron chi connectivity index (χ0n) is 10.6. The van der Waals surface area contributed by atoms with E-state index in [4.69, 9.17) is 5.26 Å². The van der Waals surface area contributed by atoms with Crippen molar-refractivity contribution < 1.29 is 0 Å². The number of thioether (sulfide) groups is 1. The lowest BCUT2D eigenvalue weighted by Gasteiger charge is -1.98. The van der Waals surface area contributed by atoms with E-state index in [9.17, 15) is 0 Å². The number of nitrogens with zero attached hydrogens (tertiary/aromatic N) is 5. The summed E-state index contributed by atoms with van der Waals surface area (Å²) in [6, 6.07) is 2.11. The van der Waals surface area contributed by atoms with Gasteiger partial charge in [-0.1, -0.05) is 31.5 Å². The second kappa shape index (κ2) is 5.83. The summed E-state index contributed by atoms with van der Waals surface area (Å²) in [4.78, 5) is 8.65. The topological polar surface area (TPSA) is 66.9 Å². The van der Waals surface area contributed by atoms with Crippen LogP contribution in [0.15, 0.2) is 11.4 Å². The molecule has 2 aromatic rings. The molecule has 0 spiro atoms. The van der Waals surface area contributed by atoms with Crippen LogP contribution < -0.4 is 0 Å². The Morgan fingerprint density at radius 3 is 2.94 bits per heavy atom. The summed E-state index contributed by atoms with van der Waals surface area (Å²) in [7, 11) is 0. The van der Waals surface area contributed by atoms with Gasteiger partial charge in [0.15, 0.2) is 16.6 Å². The van der Waals surface area contributed by atoms with Gasteiger partial charge < -0.3 is 0 Å². The minimum Gasteiger partial charge on any atom is -0.230 e. The van der Waals surface area contributed by atoms with Gasteiger partial charge in [-0.3, -0.25) is 0 Å². The number of hydrogen-bond donors (Lipinski definition) is 0. The molecule has 0 fully saturated rings. The van der Waals surface area contributed by atoms with Crippen molar-refractivity contribution in [3.05, 3.63) is 17.6 Å². The van der Waals surface area contributed by atoms with Gasteiger partial charge in [0.05, 0.1) is 6.20 Å². The first-order valence-corrected chi connectivity index (χ1v) is 7.21. The van der Waals surface area contributed by atoms with Crippen LogP contribution in [0.5, 0.6) is 0 Å². The molecule has 0 unspecified atom stereocenters. The molecule has 0 radical (unpaired) electrons. The Hall–Kier alpha value is -1.61. The number of rotatable bonds is 5. The zero-order chi connectivity index (χ0) is 13.0. The molecule has 0 aromatic carbocycles. The van der Waals surface area contributed by atoms with E-state index in [1.165, 1.54) is 24.6 Å². The van der Waals surface area contributed by atoms with E-state index in [1.54, 1.807) is 10.7 Å². The maximum atomic E-state index is 9.04. The molecule has 94 valence electrons. The molecule has 0 bridgehead atoms. The number of unbranched alkanes of at least 4 members (excludes halogenated alkanes) is 2. The van der Waals surface area contributed by atoms with Gasteiger partial charge >= 0.3 is 0 Å². The van der Waals surface area contributed by atoms with Gasteiger partial charge in [0, 0.05) is 6.42 Å². The molecule has 2 rings (SSSR count). The smallest absolute Gasteiger partial charge is 0.190 e. The maximum absolute atomic E-state index is 9.04. The minimum atomic E-state index is 0.474. The highest BCUT2D eigenvalue weighted by Gasteiger charge is 2.12. The number of aryl methyl sites for hydroxylation is 1. The lowest BCUT2D eigenvalue weighted by molar-refractivity contribution is 0.684. The van der Waals surface area contributed by atoms with Crippen LogP contribution in [0, 0.1) is 11.3 Å². The minimum absolute atomic E-state index is 0.474. The molecular weight excluding hydrogens is 246 g/mol. The molecule has 0 aliphatic rings. The van der Waals surface area contributed by atoms with E-state index in [1.807, 2.05) is 6.26 Å². The van der Waals surface area contributed by atoms with Crippen molar-refractivity contribution in [2.24, 2.45) is 0 Å².